The Labute approximate surface area is 376 Å². The fraction of sp³-hybridized carbons (Fsp3) is 0.545. The van der Waals surface area contributed by atoms with Gasteiger partial charge in [0.25, 0.3) is 6.47 Å². The van der Waals surface area contributed by atoms with Crippen LogP contribution in [0, 0.1) is 90.3 Å². The number of hydrogen-bond acceptors (Lipinski definition) is 4. The van der Waals surface area contributed by atoms with Crippen LogP contribution in [0.25, 0.3) is 5.57 Å². The standard InChI is InChI=1S/C43H58N2O3.C3H6.C2H6.3C2H2.CH2O2/c1-5-45(28-29-10-7-6-8-11-29)27-26-44-40(48)43-23-9-12-37(43)34-17-19-36-33(32(34)21-25-43)18-20-38-41(2,3)35(22-24-42(36,38)4)30-13-15-31(16-14-30)39(46)47;1-3-2;4*1-2;2-1-3/h6-8,10-11,13-16,22,32-34,36-38H,5,9,12,17-21,23-28H2,1-4H3,(H,44,48)(H,46,47);3H,1H2,2H3;1-2H3;3*1-2H;1H,(H,2,3)/t32?,33?,34?,36?,37?,38?,42-,43+;;;;;;/m1....../s1. The Morgan fingerprint density at radius 1 is 0.839 bits per heavy atom. The Morgan fingerprint density at radius 2 is 1.40 bits per heavy atom. The van der Waals surface area contributed by atoms with E-state index < -0.39 is 5.97 Å². The van der Waals surface area contributed by atoms with Gasteiger partial charge in [-0.2, -0.15) is 0 Å². The number of fused-ring (bicyclic) bond motifs is 7. The van der Waals surface area contributed by atoms with Crippen molar-refractivity contribution in [2.45, 2.75) is 119 Å². The molecule has 5 aliphatic carbocycles. The first-order valence-electron chi connectivity index (χ1n) is 22.7. The summed E-state index contributed by atoms with van der Waals surface area (Å²) < 4.78 is 0. The molecular formula is C55H78N2O5. The minimum Gasteiger partial charge on any atom is -0.483 e. The lowest BCUT2D eigenvalue weighted by atomic mass is 9.40. The molecule has 1 amide bonds. The van der Waals surface area contributed by atoms with Crippen molar-refractivity contribution in [3.05, 3.63) is 90.0 Å². The molecular weight excluding hydrogens is 769 g/mol. The van der Waals surface area contributed by atoms with Gasteiger partial charge in [0, 0.05) is 19.6 Å². The summed E-state index contributed by atoms with van der Waals surface area (Å²) in [6.45, 7) is 22.3. The lowest BCUT2D eigenvalue weighted by Crippen LogP contribution is -2.58. The molecule has 0 bridgehead atoms. The van der Waals surface area contributed by atoms with Gasteiger partial charge in [-0.3, -0.25) is 14.5 Å². The Balaban J connectivity index is 0.00000124. The predicted molar refractivity (Wildman–Crippen MR) is 259 cm³/mol. The average Bonchev–Trinajstić information content (AvgIpc) is 3.76. The van der Waals surface area contributed by atoms with Crippen LogP contribution < -0.4 is 5.32 Å². The third kappa shape index (κ3) is 12.3. The molecule has 8 atom stereocenters. The molecule has 0 radical (unpaired) electrons. The van der Waals surface area contributed by atoms with E-state index >= 15 is 0 Å². The van der Waals surface area contributed by atoms with Gasteiger partial charge < -0.3 is 15.5 Å². The normalized spacial score (nSPS) is 27.7. The van der Waals surface area contributed by atoms with Crippen molar-refractivity contribution >= 4 is 23.9 Å². The first-order chi connectivity index (χ1) is 29.9. The second kappa shape index (κ2) is 27.1. The van der Waals surface area contributed by atoms with Crippen LogP contribution in [0.5, 0.6) is 0 Å². The van der Waals surface area contributed by atoms with Crippen molar-refractivity contribution < 1.29 is 24.6 Å². The van der Waals surface area contributed by atoms with E-state index in [4.69, 9.17) is 9.90 Å². The van der Waals surface area contributed by atoms with E-state index in [9.17, 15) is 14.7 Å². The van der Waals surface area contributed by atoms with Crippen LogP contribution in [0.1, 0.15) is 134 Å². The van der Waals surface area contributed by atoms with Crippen LogP contribution in [0.15, 0.2) is 73.3 Å². The number of rotatable bonds is 9. The maximum Gasteiger partial charge on any atom is 0.335 e. The Hall–Kier alpha value is -5.03. The molecule has 338 valence electrons. The van der Waals surface area contributed by atoms with Gasteiger partial charge >= 0.3 is 5.97 Å². The molecule has 7 heteroatoms. The molecule has 6 unspecified atom stereocenters. The maximum atomic E-state index is 14.1. The van der Waals surface area contributed by atoms with Crippen LogP contribution in [-0.4, -0.2) is 53.1 Å². The van der Waals surface area contributed by atoms with Crippen LogP contribution in [0.2, 0.25) is 0 Å². The number of carboxylic acid groups (broad SMARTS) is 2. The molecule has 62 heavy (non-hydrogen) atoms. The van der Waals surface area contributed by atoms with E-state index in [1.165, 1.54) is 61.6 Å². The number of benzene rings is 2. The van der Waals surface area contributed by atoms with Gasteiger partial charge in [-0.25, -0.2) is 4.79 Å². The predicted octanol–water partition coefficient (Wildman–Crippen LogP) is 11.8. The van der Waals surface area contributed by atoms with Crippen molar-refractivity contribution in [1.82, 2.24) is 10.2 Å². The van der Waals surface area contributed by atoms with E-state index in [1.807, 2.05) is 32.9 Å². The fourth-order valence-electron chi connectivity index (χ4n) is 12.6. The number of amides is 1. The second-order valence-electron chi connectivity index (χ2n) is 17.6. The Morgan fingerprint density at radius 3 is 1.97 bits per heavy atom. The lowest BCUT2D eigenvalue weighted by Gasteiger charge is -2.64. The number of terminal acetylenes is 3. The number of hydrogen-bond donors (Lipinski definition) is 3. The lowest BCUT2D eigenvalue weighted by molar-refractivity contribution is -0.151. The number of carbonyl (C=O) groups is 3. The Kier molecular flexibility index (Phi) is 24.1. The topological polar surface area (TPSA) is 107 Å². The van der Waals surface area contributed by atoms with Crippen molar-refractivity contribution in [2.24, 2.45) is 51.8 Å². The highest BCUT2D eigenvalue weighted by Gasteiger charge is 2.62. The molecule has 4 saturated carbocycles. The maximum absolute atomic E-state index is 14.1. The molecule has 0 aromatic heterocycles. The highest BCUT2D eigenvalue weighted by Crippen LogP contribution is 2.69. The highest BCUT2D eigenvalue weighted by atomic mass is 16.4. The summed E-state index contributed by atoms with van der Waals surface area (Å²) in [6, 6.07) is 18.2. The van der Waals surface area contributed by atoms with Gasteiger partial charge in [-0.15, -0.1) is 45.1 Å². The monoisotopic (exact) mass is 847 g/mol. The Bertz CT molecular complexity index is 1740. The molecule has 2 aromatic carbocycles. The number of likely N-dealkylation sites (N-methyl/N-ethyl adjacent to an activating group) is 1. The number of carbonyl (C=O) groups excluding carboxylic acids is 1. The van der Waals surface area contributed by atoms with E-state index in [0.717, 1.165) is 63.2 Å². The minimum atomic E-state index is -0.865. The van der Waals surface area contributed by atoms with Crippen LogP contribution in [0.4, 0.5) is 0 Å². The number of carboxylic acids is 1. The molecule has 0 aliphatic heterocycles. The fourth-order valence-corrected chi connectivity index (χ4v) is 12.6. The zero-order chi connectivity index (χ0) is 47.1. The minimum absolute atomic E-state index is 0.0409. The first kappa shape index (κ1) is 55.0. The van der Waals surface area contributed by atoms with Crippen LogP contribution in [-0.2, 0) is 16.1 Å². The van der Waals surface area contributed by atoms with E-state index in [2.05, 4.69) is 119 Å². The van der Waals surface area contributed by atoms with Crippen molar-refractivity contribution in [3.63, 3.8) is 0 Å². The summed E-state index contributed by atoms with van der Waals surface area (Å²) >= 11 is 0. The molecule has 4 fully saturated rings. The van der Waals surface area contributed by atoms with Gasteiger partial charge in [0.05, 0.1) is 11.0 Å². The molecule has 0 saturated heterocycles. The quantitative estimate of drug-likeness (QED) is 0.132. The zero-order valence-electron chi connectivity index (χ0n) is 39.0. The van der Waals surface area contributed by atoms with Gasteiger partial charge in [0.1, 0.15) is 0 Å². The molecule has 7 rings (SSSR count). The smallest absolute Gasteiger partial charge is 0.335 e. The van der Waals surface area contributed by atoms with Crippen LogP contribution >= 0.6 is 0 Å². The number of aromatic carboxylic acids is 1. The van der Waals surface area contributed by atoms with Gasteiger partial charge in [-0.05, 0) is 146 Å². The number of nitrogens with one attached hydrogen (secondary N) is 1. The SMILES string of the molecule is C#C.C#C.C#C.C=CC.CC.CCN(CCNC(=O)[C@]12CCCC1C1CCC3C(CCC4C(C)(C)C(c5ccc(C(=O)O)cc5)=CC[C@]34C)C1CC2)Cc1ccccc1.O=CO. The second-order valence-corrected chi connectivity index (χ2v) is 17.6. The molecule has 3 N–H and O–H groups in total. The van der Waals surface area contributed by atoms with Gasteiger partial charge in [0.2, 0.25) is 5.91 Å². The van der Waals surface area contributed by atoms with Crippen molar-refractivity contribution in [3.8, 4) is 38.5 Å². The highest BCUT2D eigenvalue weighted by molar-refractivity contribution is 5.88. The summed E-state index contributed by atoms with van der Waals surface area (Å²) in [5.74, 6) is 3.66. The van der Waals surface area contributed by atoms with Crippen LogP contribution in [0.3, 0.4) is 0 Å². The summed E-state index contributed by atoms with van der Waals surface area (Å²) in [7, 11) is 0. The van der Waals surface area contributed by atoms with Crippen molar-refractivity contribution in [1.29, 1.82) is 0 Å². The summed E-state index contributed by atoms with van der Waals surface area (Å²) in [4.78, 5) is 36.4. The zero-order valence-corrected chi connectivity index (χ0v) is 39.0. The largest absolute Gasteiger partial charge is 0.483 e. The first-order valence-corrected chi connectivity index (χ1v) is 22.7. The van der Waals surface area contributed by atoms with E-state index in [1.54, 1.807) is 18.2 Å². The van der Waals surface area contributed by atoms with Crippen molar-refractivity contribution in [2.75, 3.05) is 19.6 Å². The third-order valence-electron chi connectivity index (χ3n) is 14.8. The third-order valence-corrected chi connectivity index (χ3v) is 14.8. The number of allylic oxidation sites excluding steroid dienone is 3. The molecule has 7 nitrogen and oxygen atoms in total. The van der Waals surface area contributed by atoms with Gasteiger partial charge in [0.15, 0.2) is 0 Å². The summed E-state index contributed by atoms with van der Waals surface area (Å²) in [6.07, 6.45) is 40.4. The van der Waals surface area contributed by atoms with E-state index in [0.29, 0.717) is 29.2 Å². The summed E-state index contributed by atoms with van der Waals surface area (Å²) in [5, 5.41) is 19.8. The summed E-state index contributed by atoms with van der Waals surface area (Å²) in [5.41, 5.74) is 4.45. The average molecular weight is 847 g/mol. The number of nitrogens with zero attached hydrogens (tertiary/aromatic N) is 1. The van der Waals surface area contributed by atoms with Gasteiger partial charge in [-0.1, -0.05) is 103 Å². The molecule has 5 aliphatic rings. The molecule has 2 aromatic rings. The molecule has 0 heterocycles. The molecule has 0 spiro atoms. The van der Waals surface area contributed by atoms with E-state index in [-0.39, 0.29) is 22.7 Å².